The Bertz CT molecular complexity index is 743. The summed E-state index contributed by atoms with van der Waals surface area (Å²) in [5, 5.41) is 13.1. The minimum absolute atomic E-state index is 0.0426. The minimum atomic E-state index is -1.44. The predicted octanol–water partition coefficient (Wildman–Crippen LogP) is 1.90. The fourth-order valence-electron chi connectivity index (χ4n) is 2.39. The molecule has 1 aliphatic heterocycles. The van der Waals surface area contributed by atoms with Gasteiger partial charge in [0.05, 0.1) is 6.54 Å². The molecular weight excluding hydrogens is 285 g/mol. The summed E-state index contributed by atoms with van der Waals surface area (Å²) in [6.07, 6.45) is 2.63. The quantitative estimate of drug-likeness (QED) is 0.640. The molecule has 0 unspecified atom stereocenters. The Morgan fingerprint density at radius 3 is 2.57 bits per heavy atom. The van der Waals surface area contributed by atoms with Crippen molar-refractivity contribution in [1.29, 1.82) is 5.26 Å². The zero-order valence-corrected chi connectivity index (χ0v) is 10.8. The van der Waals surface area contributed by atoms with Gasteiger partial charge in [-0.15, -0.1) is 0 Å². The van der Waals surface area contributed by atoms with E-state index in [2.05, 4.69) is 10.1 Å². The molecule has 3 rings (SSSR count). The summed E-state index contributed by atoms with van der Waals surface area (Å²) in [4.78, 5) is 3.74. The van der Waals surface area contributed by atoms with Crippen molar-refractivity contribution in [3.63, 3.8) is 0 Å². The maximum Gasteiger partial charge on any atom is 0.187 e. The highest BCUT2D eigenvalue weighted by atomic mass is 19.2. The number of rotatable bonds is 3. The Hall–Kier alpha value is -2.40. The molecule has 5 nitrogen and oxygen atoms in total. The normalized spacial score (nSPS) is 27.4. The molecule has 1 saturated heterocycles. The molecule has 1 aromatic carbocycles. The van der Waals surface area contributed by atoms with Crippen LogP contribution in [-0.2, 0) is 16.9 Å². The van der Waals surface area contributed by atoms with Gasteiger partial charge in [-0.05, 0) is 13.0 Å². The van der Waals surface area contributed by atoms with Crippen molar-refractivity contribution in [2.75, 3.05) is 0 Å². The van der Waals surface area contributed by atoms with Crippen LogP contribution < -0.4 is 0 Å². The van der Waals surface area contributed by atoms with Crippen molar-refractivity contribution < 1.29 is 17.9 Å². The highest BCUT2D eigenvalue weighted by molar-refractivity contribution is 5.39. The van der Waals surface area contributed by atoms with Gasteiger partial charge in [0.1, 0.15) is 24.5 Å². The predicted molar refractivity (Wildman–Crippen MR) is 63.1 cm³/mol. The van der Waals surface area contributed by atoms with E-state index in [1.807, 2.05) is 6.07 Å². The fraction of sp³-hybridized carbons (Fsp3) is 0.308. The third-order valence-electron chi connectivity index (χ3n) is 3.62. The van der Waals surface area contributed by atoms with Crippen LogP contribution in [0.2, 0.25) is 0 Å². The summed E-state index contributed by atoms with van der Waals surface area (Å²) >= 11 is 0. The standard InChI is InChI=1S/C13H9F3N4O/c1-12(4-17)13(21-12,5-20-7-18-6-19-20)8-2-10(15)11(16)3-9(8)14/h2-3,6-7H,5H2,1H3/t12-,13-/m1/s1. The van der Waals surface area contributed by atoms with E-state index < -0.39 is 28.7 Å². The van der Waals surface area contributed by atoms with Crippen LogP contribution in [0.25, 0.3) is 0 Å². The molecule has 108 valence electrons. The average molecular weight is 294 g/mol. The van der Waals surface area contributed by atoms with Gasteiger partial charge in [0.15, 0.2) is 22.8 Å². The summed E-state index contributed by atoms with van der Waals surface area (Å²) < 4.78 is 47.3. The first kappa shape index (κ1) is 13.6. The van der Waals surface area contributed by atoms with Crippen molar-refractivity contribution >= 4 is 0 Å². The van der Waals surface area contributed by atoms with Crippen LogP contribution >= 0.6 is 0 Å². The minimum Gasteiger partial charge on any atom is -0.339 e. The highest BCUT2D eigenvalue weighted by Gasteiger charge is 2.70. The van der Waals surface area contributed by atoms with Crippen LogP contribution in [-0.4, -0.2) is 20.4 Å². The summed E-state index contributed by atoms with van der Waals surface area (Å²) in [7, 11) is 0. The van der Waals surface area contributed by atoms with Gasteiger partial charge in [0.2, 0.25) is 0 Å². The van der Waals surface area contributed by atoms with Gasteiger partial charge < -0.3 is 4.74 Å². The largest absolute Gasteiger partial charge is 0.339 e. The van der Waals surface area contributed by atoms with Gasteiger partial charge in [0.25, 0.3) is 0 Å². The van der Waals surface area contributed by atoms with Crippen molar-refractivity contribution in [2.45, 2.75) is 24.7 Å². The number of hydrogen-bond donors (Lipinski definition) is 0. The molecule has 2 aromatic rings. The summed E-state index contributed by atoms with van der Waals surface area (Å²) in [6, 6.07) is 3.06. The second-order valence-electron chi connectivity index (χ2n) is 4.91. The maximum atomic E-state index is 14.0. The lowest BCUT2D eigenvalue weighted by molar-refractivity contribution is 0.250. The second kappa shape index (κ2) is 4.30. The van der Waals surface area contributed by atoms with E-state index in [1.54, 1.807) is 0 Å². The molecule has 2 heterocycles. The molecule has 0 amide bonds. The van der Waals surface area contributed by atoms with Crippen LogP contribution in [0.5, 0.6) is 0 Å². The van der Waals surface area contributed by atoms with Crippen molar-refractivity contribution in [3.05, 3.63) is 47.8 Å². The Morgan fingerprint density at radius 1 is 1.29 bits per heavy atom. The topological polar surface area (TPSA) is 67.0 Å². The number of ether oxygens (including phenoxy) is 1. The van der Waals surface area contributed by atoms with E-state index in [-0.39, 0.29) is 12.1 Å². The van der Waals surface area contributed by atoms with E-state index in [9.17, 15) is 18.4 Å². The first-order valence-corrected chi connectivity index (χ1v) is 6.01. The second-order valence-corrected chi connectivity index (χ2v) is 4.91. The number of nitrogens with zero attached hydrogens (tertiary/aromatic N) is 4. The molecule has 2 atom stereocenters. The lowest BCUT2D eigenvalue weighted by atomic mass is 9.87. The molecule has 0 radical (unpaired) electrons. The van der Waals surface area contributed by atoms with E-state index in [4.69, 9.17) is 4.74 Å². The maximum absolute atomic E-state index is 14.0. The molecule has 1 aliphatic rings. The van der Waals surface area contributed by atoms with E-state index >= 15 is 0 Å². The number of nitriles is 1. The van der Waals surface area contributed by atoms with Crippen LogP contribution in [0.4, 0.5) is 13.2 Å². The molecule has 21 heavy (non-hydrogen) atoms. The Balaban J connectivity index is 2.11. The molecule has 0 N–H and O–H groups in total. The zero-order valence-electron chi connectivity index (χ0n) is 10.8. The molecule has 0 aliphatic carbocycles. The Morgan fingerprint density at radius 2 is 2.00 bits per heavy atom. The van der Waals surface area contributed by atoms with Crippen LogP contribution in [0, 0.1) is 28.8 Å². The van der Waals surface area contributed by atoms with Crippen LogP contribution in [0.15, 0.2) is 24.8 Å². The number of halogens is 3. The highest BCUT2D eigenvalue weighted by Crippen LogP contribution is 2.57. The number of aromatic nitrogens is 3. The van der Waals surface area contributed by atoms with Crippen LogP contribution in [0.1, 0.15) is 12.5 Å². The molecule has 0 spiro atoms. The summed E-state index contributed by atoms with van der Waals surface area (Å²) in [6.45, 7) is 1.41. The average Bonchev–Trinajstić information content (AvgIpc) is 2.80. The van der Waals surface area contributed by atoms with Gasteiger partial charge >= 0.3 is 0 Å². The van der Waals surface area contributed by atoms with Gasteiger partial charge in [-0.3, -0.25) is 0 Å². The smallest absolute Gasteiger partial charge is 0.187 e. The van der Waals surface area contributed by atoms with Gasteiger partial charge in [-0.25, -0.2) is 22.8 Å². The summed E-state index contributed by atoms with van der Waals surface area (Å²) in [5.74, 6) is -3.49. The molecule has 1 aromatic heterocycles. The molecule has 0 bridgehead atoms. The fourth-order valence-corrected chi connectivity index (χ4v) is 2.39. The first-order valence-electron chi connectivity index (χ1n) is 6.01. The first-order chi connectivity index (χ1) is 9.92. The third kappa shape index (κ3) is 1.89. The summed E-state index contributed by atoms with van der Waals surface area (Å²) in [5.41, 5.74) is -3.01. The van der Waals surface area contributed by atoms with E-state index in [0.717, 1.165) is 0 Å². The molecule has 8 heteroatoms. The Labute approximate surface area is 117 Å². The number of benzene rings is 1. The van der Waals surface area contributed by atoms with Crippen molar-refractivity contribution in [3.8, 4) is 6.07 Å². The van der Waals surface area contributed by atoms with E-state index in [0.29, 0.717) is 12.1 Å². The number of epoxide rings is 1. The monoisotopic (exact) mass is 294 g/mol. The van der Waals surface area contributed by atoms with Crippen molar-refractivity contribution in [1.82, 2.24) is 14.8 Å². The lowest BCUT2D eigenvalue weighted by Crippen LogP contribution is -2.27. The lowest BCUT2D eigenvalue weighted by Gasteiger charge is -2.15. The SMILES string of the molecule is C[C@]1(C#N)O[C@]1(Cn1cncn1)c1cc(F)c(F)cc1F. The third-order valence-corrected chi connectivity index (χ3v) is 3.62. The van der Waals surface area contributed by atoms with Gasteiger partial charge in [0, 0.05) is 11.6 Å². The molecular formula is C13H9F3N4O. The molecule has 0 saturated carbocycles. The van der Waals surface area contributed by atoms with Gasteiger partial charge in [-0.1, -0.05) is 0 Å². The molecule has 1 fully saturated rings. The number of hydrogen-bond acceptors (Lipinski definition) is 4. The van der Waals surface area contributed by atoms with Crippen molar-refractivity contribution in [2.24, 2.45) is 0 Å². The van der Waals surface area contributed by atoms with Crippen LogP contribution in [0.3, 0.4) is 0 Å². The van der Waals surface area contributed by atoms with E-state index in [1.165, 1.54) is 24.3 Å². The zero-order chi connectivity index (χ0) is 15.3. The Kier molecular flexibility index (Phi) is 2.78. The van der Waals surface area contributed by atoms with Gasteiger partial charge in [-0.2, -0.15) is 10.4 Å².